The zero-order chi connectivity index (χ0) is 22.0. The lowest BCUT2D eigenvalue weighted by molar-refractivity contribution is 0.102. The quantitative estimate of drug-likeness (QED) is 0.288. The van der Waals surface area contributed by atoms with Crippen LogP contribution in [-0.4, -0.2) is 16.0 Å². The van der Waals surface area contributed by atoms with E-state index in [2.05, 4.69) is 10.3 Å². The van der Waals surface area contributed by atoms with Crippen molar-refractivity contribution in [2.24, 2.45) is 0 Å². The number of carbonyl (C=O) groups excluding carboxylic acids is 1. The van der Waals surface area contributed by atoms with Gasteiger partial charge in [0.25, 0.3) is 5.91 Å². The number of aliphatic hydroxyl groups excluding tert-OH is 1. The van der Waals surface area contributed by atoms with Crippen molar-refractivity contribution in [1.29, 1.82) is 0 Å². The molecule has 0 aliphatic carbocycles. The van der Waals surface area contributed by atoms with E-state index < -0.39 is 0 Å². The monoisotopic (exact) mass is 488 g/mol. The van der Waals surface area contributed by atoms with Gasteiger partial charge in [0.1, 0.15) is 5.01 Å². The van der Waals surface area contributed by atoms with E-state index in [4.69, 9.17) is 23.2 Å². The second-order valence-electron chi connectivity index (χ2n) is 6.92. The van der Waals surface area contributed by atoms with Crippen LogP contribution < -0.4 is 5.32 Å². The van der Waals surface area contributed by atoms with Crippen LogP contribution in [-0.2, 0) is 12.4 Å². The molecule has 0 saturated heterocycles. The predicted octanol–water partition coefficient (Wildman–Crippen LogP) is 6.95. The van der Waals surface area contributed by atoms with Crippen LogP contribution in [0.3, 0.4) is 0 Å². The summed E-state index contributed by atoms with van der Waals surface area (Å²) < 4.78 is 0.974. The zero-order valence-corrected chi connectivity index (χ0v) is 19.6. The summed E-state index contributed by atoms with van der Waals surface area (Å²) in [5.74, 6) is 0.584. The van der Waals surface area contributed by atoms with Crippen LogP contribution in [0.1, 0.15) is 26.5 Å². The van der Waals surface area contributed by atoms with Crippen molar-refractivity contribution in [3.8, 4) is 0 Å². The fourth-order valence-corrected chi connectivity index (χ4v) is 5.16. The van der Waals surface area contributed by atoms with Crippen molar-refractivity contribution in [2.75, 3.05) is 5.32 Å². The minimum atomic E-state index is -0.171. The molecular weight excluding hydrogens is 471 g/mol. The van der Waals surface area contributed by atoms with Crippen LogP contribution in [0.15, 0.2) is 59.5 Å². The fraction of sp³-hybridized carbons (Fsp3) is 0.130. The van der Waals surface area contributed by atoms with E-state index in [-0.39, 0.29) is 12.5 Å². The first-order valence-electron chi connectivity index (χ1n) is 9.42. The van der Waals surface area contributed by atoms with E-state index in [1.54, 1.807) is 17.8 Å². The number of rotatable bonds is 6. The number of aromatic nitrogens is 1. The second-order valence-corrected chi connectivity index (χ2v) is 9.89. The van der Waals surface area contributed by atoms with Crippen molar-refractivity contribution in [2.45, 2.75) is 24.2 Å². The number of amides is 1. The van der Waals surface area contributed by atoms with Crippen LogP contribution >= 0.6 is 46.3 Å². The molecule has 8 heteroatoms. The molecule has 0 bridgehead atoms. The van der Waals surface area contributed by atoms with E-state index in [0.29, 0.717) is 26.3 Å². The largest absolute Gasteiger partial charge is 0.389 e. The summed E-state index contributed by atoms with van der Waals surface area (Å²) in [6.07, 6.45) is 0. The Kier molecular flexibility index (Phi) is 6.84. The summed E-state index contributed by atoms with van der Waals surface area (Å²) in [6.45, 7) is 1.84. The fourth-order valence-electron chi connectivity index (χ4n) is 3.10. The molecule has 1 amide bonds. The first-order valence-corrected chi connectivity index (χ1v) is 12.0. The van der Waals surface area contributed by atoms with Gasteiger partial charge in [0, 0.05) is 21.9 Å². The molecule has 31 heavy (non-hydrogen) atoms. The van der Waals surface area contributed by atoms with Gasteiger partial charge in [0.15, 0.2) is 0 Å². The summed E-state index contributed by atoms with van der Waals surface area (Å²) in [5.41, 5.74) is 4.03. The first kappa shape index (κ1) is 22.1. The number of thiazole rings is 1. The number of anilines is 1. The normalized spacial score (nSPS) is 11.1. The Morgan fingerprint density at radius 3 is 2.68 bits per heavy atom. The van der Waals surface area contributed by atoms with Crippen LogP contribution in [0.5, 0.6) is 0 Å². The molecule has 2 N–H and O–H groups in total. The summed E-state index contributed by atoms with van der Waals surface area (Å²) in [4.78, 5) is 18.2. The van der Waals surface area contributed by atoms with Gasteiger partial charge in [-0.3, -0.25) is 4.79 Å². The van der Waals surface area contributed by atoms with Gasteiger partial charge in [0.2, 0.25) is 0 Å². The molecular formula is C23H18Cl2N2O2S2. The number of carbonyl (C=O) groups is 1. The van der Waals surface area contributed by atoms with Crippen LogP contribution in [0.2, 0.25) is 10.0 Å². The average Bonchev–Trinajstić information content (AvgIpc) is 3.17. The number of nitrogens with one attached hydrogen (secondary N) is 1. The highest BCUT2D eigenvalue weighted by Crippen LogP contribution is 2.29. The van der Waals surface area contributed by atoms with Gasteiger partial charge in [-0.15, -0.1) is 23.1 Å². The van der Waals surface area contributed by atoms with Crippen LogP contribution in [0.4, 0.5) is 5.69 Å². The minimum absolute atomic E-state index is 0.0876. The maximum atomic E-state index is 12.8. The SMILES string of the molecule is Cc1cc(SCc2ccc(Cl)c(Cl)c2)ccc1C(=O)Nc1ccc2sc(CO)nc2c1. The highest BCUT2D eigenvalue weighted by atomic mass is 35.5. The highest BCUT2D eigenvalue weighted by molar-refractivity contribution is 7.98. The van der Waals surface area contributed by atoms with Gasteiger partial charge in [-0.05, 0) is 66.6 Å². The molecule has 4 nitrogen and oxygen atoms in total. The third kappa shape index (κ3) is 5.22. The molecule has 3 aromatic carbocycles. The number of aliphatic hydroxyl groups is 1. The molecule has 4 aromatic rings. The maximum Gasteiger partial charge on any atom is 0.255 e. The third-order valence-corrected chi connectivity index (χ3v) is 7.48. The van der Waals surface area contributed by atoms with Crippen molar-refractivity contribution < 1.29 is 9.90 Å². The number of thioether (sulfide) groups is 1. The van der Waals surface area contributed by atoms with Crippen LogP contribution in [0, 0.1) is 6.92 Å². The Bertz CT molecular complexity index is 1270. The smallest absolute Gasteiger partial charge is 0.255 e. The van der Waals surface area contributed by atoms with Gasteiger partial charge in [-0.2, -0.15) is 0 Å². The number of aryl methyl sites for hydroxylation is 1. The Labute approximate surface area is 198 Å². The van der Waals surface area contributed by atoms with Crippen molar-refractivity contribution in [3.63, 3.8) is 0 Å². The third-order valence-electron chi connectivity index (χ3n) is 4.66. The summed E-state index contributed by atoms with van der Waals surface area (Å²) in [7, 11) is 0. The number of halogens is 2. The molecule has 0 radical (unpaired) electrons. The van der Waals surface area contributed by atoms with Crippen molar-refractivity contribution in [1.82, 2.24) is 4.98 Å². The number of nitrogens with zero attached hydrogens (tertiary/aromatic N) is 1. The number of fused-ring (bicyclic) bond motifs is 1. The van der Waals surface area contributed by atoms with Crippen molar-refractivity contribution in [3.05, 3.63) is 86.3 Å². The Morgan fingerprint density at radius 1 is 1.10 bits per heavy atom. The molecule has 0 fully saturated rings. The molecule has 0 saturated carbocycles. The van der Waals surface area contributed by atoms with E-state index in [0.717, 1.165) is 32.0 Å². The molecule has 4 rings (SSSR count). The Balaban J connectivity index is 1.44. The maximum absolute atomic E-state index is 12.8. The zero-order valence-electron chi connectivity index (χ0n) is 16.5. The molecule has 1 aromatic heterocycles. The minimum Gasteiger partial charge on any atom is -0.389 e. The standard InChI is InChI=1S/C23H18Cl2N2O2S2/c1-13-8-16(30-12-14-2-6-18(24)19(25)9-14)4-5-17(13)23(29)26-15-3-7-21-20(10-15)27-22(11-28)31-21/h2-10,28H,11-12H2,1H3,(H,26,29). The van der Waals surface area contributed by atoms with Crippen molar-refractivity contribution >= 4 is 68.1 Å². The summed E-state index contributed by atoms with van der Waals surface area (Å²) >= 11 is 15.2. The summed E-state index contributed by atoms with van der Waals surface area (Å²) in [5, 5.41) is 13.9. The van der Waals surface area contributed by atoms with Gasteiger partial charge in [0.05, 0.1) is 26.9 Å². The molecule has 0 spiro atoms. The number of benzene rings is 3. The lowest BCUT2D eigenvalue weighted by atomic mass is 10.1. The Hall–Kier alpha value is -2.09. The van der Waals surface area contributed by atoms with Gasteiger partial charge in [-0.25, -0.2) is 4.98 Å². The molecule has 1 heterocycles. The van der Waals surface area contributed by atoms with Crippen LogP contribution in [0.25, 0.3) is 10.2 Å². The van der Waals surface area contributed by atoms with E-state index in [1.165, 1.54) is 11.3 Å². The lowest BCUT2D eigenvalue weighted by Crippen LogP contribution is -2.13. The first-order chi connectivity index (χ1) is 14.9. The van der Waals surface area contributed by atoms with E-state index in [1.807, 2.05) is 55.5 Å². The Morgan fingerprint density at radius 2 is 1.94 bits per heavy atom. The second kappa shape index (κ2) is 9.59. The lowest BCUT2D eigenvalue weighted by Gasteiger charge is -2.10. The number of hydrogen-bond acceptors (Lipinski definition) is 5. The van der Waals surface area contributed by atoms with Gasteiger partial charge >= 0.3 is 0 Å². The highest BCUT2D eigenvalue weighted by Gasteiger charge is 2.12. The summed E-state index contributed by atoms with van der Waals surface area (Å²) in [6, 6.07) is 17.0. The van der Waals surface area contributed by atoms with Gasteiger partial charge in [-0.1, -0.05) is 29.3 Å². The molecule has 0 aliphatic heterocycles. The topological polar surface area (TPSA) is 62.2 Å². The van der Waals surface area contributed by atoms with Gasteiger partial charge < -0.3 is 10.4 Å². The van der Waals surface area contributed by atoms with E-state index >= 15 is 0 Å². The molecule has 158 valence electrons. The molecule has 0 unspecified atom stereocenters. The molecule has 0 aliphatic rings. The van der Waals surface area contributed by atoms with E-state index in [9.17, 15) is 9.90 Å². The average molecular weight is 489 g/mol. The number of hydrogen-bond donors (Lipinski definition) is 2. The molecule has 0 atom stereocenters. The predicted molar refractivity (Wildman–Crippen MR) is 131 cm³/mol.